The van der Waals surface area contributed by atoms with Gasteiger partial charge in [0, 0.05) is 13.1 Å². The van der Waals surface area contributed by atoms with Crippen LogP contribution in [0.15, 0.2) is 18.2 Å². The van der Waals surface area contributed by atoms with E-state index in [9.17, 15) is 9.59 Å². The van der Waals surface area contributed by atoms with E-state index < -0.39 is 18.0 Å². The SMILES string of the molecule is COc1ccc(CNC(=O)N(CCC#N)C(C)C(=O)O)cc1OC. The standard InChI is InChI=1S/C16H21N3O5/c1-11(15(20)21)19(8-4-7-17)16(22)18-10-12-5-6-13(23-2)14(9-12)24-3/h5-6,9,11H,4,8,10H2,1-3H3,(H,18,22)(H,20,21). The minimum absolute atomic E-state index is 0.0434. The van der Waals surface area contributed by atoms with Crippen molar-refractivity contribution < 1.29 is 24.2 Å². The average molecular weight is 335 g/mol. The van der Waals surface area contributed by atoms with Crippen molar-refractivity contribution in [3.05, 3.63) is 23.8 Å². The van der Waals surface area contributed by atoms with Gasteiger partial charge in [0.1, 0.15) is 6.04 Å². The lowest BCUT2D eigenvalue weighted by Crippen LogP contribution is -2.48. The number of nitrogens with zero attached hydrogens (tertiary/aromatic N) is 2. The topological polar surface area (TPSA) is 112 Å². The molecule has 24 heavy (non-hydrogen) atoms. The Morgan fingerprint density at radius 3 is 2.54 bits per heavy atom. The van der Waals surface area contributed by atoms with E-state index in [0.29, 0.717) is 11.5 Å². The number of carboxylic acid groups (broad SMARTS) is 1. The molecule has 0 saturated heterocycles. The van der Waals surface area contributed by atoms with Crippen molar-refractivity contribution >= 4 is 12.0 Å². The van der Waals surface area contributed by atoms with E-state index in [0.717, 1.165) is 10.5 Å². The molecule has 130 valence electrons. The quantitative estimate of drug-likeness (QED) is 0.746. The zero-order chi connectivity index (χ0) is 18.1. The van der Waals surface area contributed by atoms with Crippen LogP contribution < -0.4 is 14.8 Å². The van der Waals surface area contributed by atoms with Crippen LogP contribution in [-0.2, 0) is 11.3 Å². The van der Waals surface area contributed by atoms with Crippen molar-refractivity contribution in [2.24, 2.45) is 0 Å². The summed E-state index contributed by atoms with van der Waals surface area (Å²) in [5.41, 5.74) is 0.768. The second kappa shape index (κ2) is 9.25. The predicted octanol–water partition coefficient (Wildman–Crippen LogP) is 1.60. The van der Waals surface area contributed by atoms with E-state index in [1.165, 1.54) is 21.1 Å². The van der Waals surface area contributed by atoms with E-state index in [-0.39, 0.29) is 19.5 Å². The summed E-state index contributed by atoms with van der Waals surface area (Å²) in [4.78, 5) is 24.5. The number of ether oxygens (including phenoxy) is 2. The third-order valence-corrected chi connectivity index (χ3v) is 3.44. The highest BCUT2D eigenvalue weighted by Gasteiger charge is 2.25. The monoisotopic (exact) mass is 335 g/mol. The number of urea groups is 1. The van der Waals surface area contributed by atoms with Gasteiger partial charge < -0.3 is 24.8 Å². The Kier molecular flexibility index (Phi) is 7.36. The maximum absolute atomic E-state index is 12.2. The van der Waals surface area contributed by atoms with Crippen molar-refractivity contribution in [1.29, 1.82) is 5.26 Å². The Balaban J connectivity index is 2.77. The molecule has 0 aliphatic rings. The van der Waals surface area contributed by atoms with Crippen molar-refractivity contribution in [2.75, 3.05) is 20.8 Å². The first-order valence-electron chi connectivity index (χ1n) is 7.29. The fourth-order valence-corrected chi connectivity index (χ4v) is 2.04. The first-order chi connectivity index (χ1) is 11.4. The van der Waals surface area contributed by atoms with Crippen molar-refractivity contribution in [3.63, 3.8) is 0 Å². The molecule has 0 aromatic heterocycles. The van der Waals surface area contributed by atoms with Gasteiger partial charge in [0.2, 0.25) is 0 Å². The molecule has 1 rings (SSSR count). The molecular formula is C16H21N3O5. The van der Waals surface area contributed by atoms with Crippen molar-refractivity contribution in [2.45, 2.75) is 25.9 Å². The molecular weight excluding hydrogens is 314 g/mol. The summed E-state index contributed by atoms with van der Waals surface area (Å²) < 4.78 is 10.3. The number of nitrogens with one attached hydrogen (secondary N) is 1. The van der Waals surface area contributed by atoms with Gasteiger partial charge in [-0.1, -0.05) is 6.07 Å². The van der Waals surface area contributed by atoms with Crippen LogP contribution in [-0.4, -0.2) is 48.8 Å². The molecule has 0 radical (unpaired) electrons. The number of aliphatic carboxylic acids is 1. The number of methoxy groups -OCH3 is 2. The van der Waals surface area contributed by atoms with Crippen LogP contribution in [0.4, 0.5) is 4.79 Å². The molecule has 0 bridgehead atoms. The van der Waals surface area contributed by atoms with Gasteiger partial charge in [0.05, 0.1) is 26.7 Å². The number of rotatable bonds is 8. The van der Waals surface area contributed by atoms with Crippen LogP contribution in [0.3, 0.4) is 0 Å². The Labute approximate surface area is 140 Å². The van der Waals surface area contributed by atoms with E-state index in [4.69, 9.17) is 19.8 Å². The summed E-state index contributed by atoms with van der Waals surface area (Å²) in [5, 5.41) is 20.4. The molecule has 0 saturated carbocycles. The molecule has 1 unspecified atom stereocenters. The first kappa shape index (κ1) is 19.1. The molecule has 0 aliphatic carbocycles. The van der Waals surface area contributed by atoms with Gasteiger partial charge in [0.25, 0.3) is 0 Å². The van der Waals surface area contributed by atoms with Crippen LogP contribution in [0.25, 0.3) is 0 Å². The van der Waals surface area contributed by atoms with E-state index in [1.807, 2.05) is 6.07 Å². The molecule has 8 heteroatoms. The van der Waals surface area contributed by atoms with Crippen LogP contribution in [0.5, 0.6) is 11.5 Å². The van der Waals surface area contributed by atoms with Crippen LogP contribution in [0.2, 0.25) is 0 Å². The van der Waals surface area contributed by atoms with Crippen molar-refractivity contribution in [1.82, 2.24) is 10.2 Å². The highest BCUT2D eigenvalue weighted by molar-refractivity contribution is 5.82. The highest BCUT2D eigenvalue weighted by atomic mass is 16.5. The Morgan fingerprint density at radius 1 is 1.33 bits per heavy atom. The van der Waals surface area contributed by atoms with E-state index >= 15 is 0 Å². The normalized spacial score (nSPS) is 11.1. The van der Waals surface area contributed by atoms with E-state index in [2.05, 4.69) is 5.32 Å². The number of benzene rings is 1. The highest BCUT2D eigenvalue weighted by Crippen LogP contribution is 2.27. The molecule has 0 aliphatic heterocycles. The summed E-state index contributed by atoms with van der Waals surface area (Å²) in [6, 6.07) is 5.54. The Morgan fingerprint density at radius 2 is 2.00 bits per heavy atom. The van der Waals surface area contributed by atoms with Crippen LogP contribution in [0, 0.1) is 11.3 Å². The average Bonchev–Trinajstić information content (AvgIpc) is 2.59. The number of hydrogen-bond acceptors (Lipinski definition) is 5. The Bertz CT molecular complexity index is 627. The van der Waals surface area contributed by atoms with Crippen LogP contribution >= 0.6 is 0 Å². The van der Waals surface area contributed by atoms with Gasteiger partial charge >= 0.3 is 12.0 Å². The summed E-state index contributed by atoms with van der Waals surface area (Å²) in [7, 11) is 3.04. The van der Waals surface area contributed by atoms with Gasteiger partial charge in [-0.2, -0.15) is 5.26 Å². The number of amides is 2. The fraction of sp³-hybridized carbons (Fsp3) is 0.438. The summed E-state index contributed by atoms with van der Waals surface area (Å²) >= 11 is 0. The van der Waals surface area contributed by atoms with Gasteiger partial charge in [-0.25, -0.2) is 9.59 Å². The summed E-state index contributed by atoms with van der Waals surface area (Å²) in [6.07, 6.45) is 0.0569. The molecule has 1 aromatic carbocycles. The lowest BCUT2D eigenvalue weighted by atomic mass is 10.2. The smallest absolute Gasteiger partial charge is 0.326 e. The molecule has 0 heterocycles. The third kappa shape index (κ3) is 5.05. The largest absolute Gasteiger partial charge is 0.493 e. The number of nitriles is 1. The number of carboxylic acids is 1. The molecule has 8 nitrogen and oxygen atoms in total. The minimum Gasteiger partial charge on any atom is -0.493 e. The van der Waals surface area contributed by atoms with Crippen LogP contribution in [0.1, 0.15) is 18.9 Å². The maximum atomic E-state index is 12.2. The second-order valence-corrected chi connectivity index (χ2v) is 4.96. The number of hydrogen-bond donors (Lipinski definition) is 2. The fourth-order valence-electron chi connectivity index (χ4n) is 2.04. The van der Waals surface area contributed by atoms with Gasteiger partial charge in [-0.15, -0.1) is 0 Å². The minimum atomic E-state index is -1.13. The molecule has 1 aromatic rings. The lowest BCUT2D eigenvalue weighted by molar-refractivity contribution is -0.141. The molecule has 1 atom stereocenters. The molecule has 2 amide bonds. The Hall–Kier alpha value is -2.95. The first-order valence-corrected chi connectivity index (χ1v) is 7.29. The molecule has 0 spiro atoms. The van der Waals surface area contributed by atoms with E-state index in [1.54, 1.807) is 18.2 Å². The van der Waals surface area contributed by atoms with Gasteiger partial charge in [-0.3, -0.25) is 0 Å². The van der Waals surface area contributed by atoms with Gasteiger partial charge in [0.15, 0.2) is 11.5 Å². The summed E-state index contributed by atoms with van der Waals surface area (Å²) in [6.45, 7) is 1.63. The second-order valence-electron chi connectivity index (χ2n) is 4.96. The number of carbonyl (C=O) groups excluding carboxylic acids is 1. The maximum Gasteiger partial charge on any atom is 0.326 e. The summed E-state index contributed by atoms with van der Waals surface area (Å²) in [5.74, 6) is -0.0265. The van der Waals surface area contributed by atoms with Crippen molar-refractivity contribution in [3.8, 4) is 17.6 Å². The molecule has 2 N–H and O–H groups in total. The predicted molar refractivity (Wildman–Crippen MR) is 85.8 cm³/mol. The molecule has 0 fully saturated rings. The zero-order valence-electron chi connectivity index (χ0n) is 13.9. The number of carbonyl (C=O) groups is 2. The third-order valence-electron chi connectivity index (χ3n) is 3.44. The lowest BCUT2D eigenvalue weighted by Gasteiger charge is -2.25. The zero-order valence-corrected chi connectivity index (χ0v) is 13.9. The van der Waals surface area contributed by atoms with Gasteiger partial charge in [-0.05, 0) is 24.6 Å².